The number of aromatic hydroxyl groups is 1. The van der Waals surface area contributed by atoms with Gasteiger partial charge in [-0.2, -0.15) is 4.68 Å². The minimum Gasteiger partial charge on any atom is -0.508 e. The van der Waals surface area contributed by atoms with Gasteiger partial charge in [-0.1, -0.05) is 35.5 Å². The van der Waals surface area contributed by atoms with E-state index in [1.807, 2.05) is 25.1 Å². The van der Waals surface area contributed by atoms with Gasteiger partial charge in [0, 0.05) is 5.02 Å². The molecular formula is C17H16ClN5O2S. The van der Waals surface area contributed by atoms with Crippen LogP contribution in [0.2, 0.25) is 5.02 Å². The van der Waals surface area contributed by atoms with Crippen molar-refractivity contribution in [3.8, 4) is 11.4 Å². The van der Waals surface area contributed by atoms with Crippen LogP contribution in [0.4, 0.5) is 0 Å². The summed E-state index contributed by atoms with van der Waals surface area (Å²) in [6.45, 7) is 1.90. The third-order valence-corrected chi connectivity index (χ3v) is 4.75. The van der Waals surface area contributed by atoms with Crippen molar-refractivity contribution in [2.24, 2.45) is 0 Å². The van der Waals surface area contributed by atoms with Crippen LogP contribution >= 0.6 is 23.4 Å². The predicted octanol–water partition coefficient (Wildman–Crippen LogP) is 2.99. The van der Waals surface area contributed by atoms with Crippen molar-refractivity contribution >= 4 is 29.3 Å². The molecule has 9 heteroatoms. The molecule has 0 aliphatic rings. The van der Waals surface area contributed by atoms with Crippen molar-refractivity contribution < 1.29 is 9.90 Å². The number of tetrazole rings is 1. The molecule has 0 aliphatic carbocycles. The maximum absolute atomic E-state index is 12.2. The Balaban J connectivity index is 1.60. The summed E-state index contributed by atoms with van der Waals surface area (Å²) in [6, 6.07) is 13.7. The standard InChI is InChI=1S/C17H16ClN5O2S/c1-11(12-3-2-4-13(18)9-12)19-16(25)10-26-17-20-21-22-23(17)14-5-7-15(24)8-6-14/h2-9,11,24H,10H2,1H3,(H,19,25)/t11-/m1/s1. The molecule has 0 aliphatic heterocycles. The quantitative estimate of drug-likeness (QED) is 0.629. The second-order valence-electron chi connectivity index (χ2n) is 5.52. The van der Waals surface area contributed by atoms with Crippen LogP contribution in [0.15, 0.2) is 53.7 Å². The number of thioether (sulfide) groups is 1. The second-order valence-corrected chi connectivity index (χ2v) is 6.90. The Labute approximate surface area is 159 Å². The van der Waals surface area contributed by atoms with Crippen LogP contribution in [0.3, 0.4) is 0 Å². The number of hydrogen-bond acceptors (Lipinski definition) is 6. The highest BCUT2D eigenvalue weighted by Gasteiger charge is 2.14. The number of carbonyl (C=O) groups is 1. The van der Waals surface area contributed by atoms with Crippen LogP contribution < -0.4 is 5.32 Å². The van der Waals surface area contributed by atoms with Crippen molar-refractivity contribution in [3.05, 3.63) is 59.1 Å². The molecule has 0 spiro atoms. The fourth-order valence-corrected chi connectivity index (χ4v) is 3.20. The van der Waals surface area contributed by atoms with Crippen LogP contribution in [0.25, 0.3) is 5.69 Å². The molecule has 26 heavy (non-hydrogen) atoms. The summed E-state index contributed by atoms with van der Waals surface area (Å²) >= 11 is 7.21. The van der Waals surface area contributed by atoms with E-state index >= 15 is 0 Å². The maximum atomic E-state index is 12.2. The van der Waals surface area contributed by atoms with Crippen LogP contribution in [-0.2, 0) is 4.79 Å². The van der Waals surface area contributed by atoms with Crippen LogP contribution in [0, 0.1) is 0 Å². The number of rotatable bonds is 6. The van der Waals surface area contributed by atoms with Crippen molar-refractivity contribution in [3.63, 3.8) is 0 Å². The van der Waals surface area contributed by atoms with E-state index in [1.165, 1.54) is 16.4 Å². The van der Waals surface area contributed by atoms with Gasteiger partial charge in [-0.3, -0.25) is 4.79 Å². The van der Waals surface area contributed by atoms with Gasteiger partial charge in [0.25, 0.3) is 0 Å². The molecule has 7 nitrogen and oxygen atoms in total. The number of benzene rings is 2. The Hall–Kier alpha value is -2.58. The Morgan fingerprint density at radius 3 is 2.81 bits per heavy atom. The fourth-order valence-electron chi connectivity index (χ4n) is 2.30. The Bertz CT molecular complexity index is 900. The maximum Gasteiger partial charge on any atom is 0.230 e. The molecule has 1 aromatic heterocycles. The molecule has 1 atom stereocenters. The highest BCUT2D eigenvalue weighted by molar-refractivity contribution is 7.99. The monoisotopic (exact) mass is 389 g/mol. The van der Waals surface area contributed by atoms with E-state index in [0.717, 1.165) is 5.56 Å². The molecule has 1 heterocycles. The smallest absolute Gasteiger partial charge is 0.230 e. The number of aromatic nitrogens is 4. The van der Waals surface area contributed by atoms with Crippen LogP contribution in [0.5, 0.6) is 5.75 Å². The summed E-state index contributed by atoms with van der Waals surface area (Å²) in [4.78, 5) is 12.2. The third-order valence-electron chi connectivity index (χ3n) is 3.59. The molecule has 0 saturated heterocycles. The molecule has 2 N–H and O–H groups in total. The largest absolute Gasteiger partial charge is 0.508 e. The van der Waals surface area contributed by atoms with Crippen molar-refractivity contribution in [2.75, 3.05) is 5.75 Å². The number of hydrogen-bond donors (Lipinski definition) is 2. The van der Waals surface area contributed by atoms with E-state index in [2.05, 4.69) is 20.8 Å². The first-order valence-corrected chi connectivity index (χ1v) is 9.14. The zero-order valence-electron chi connectivity index (χ0n) is 13.8. The number of halogens is 1. The van der Waals surface area contributed by atoms with Crippen molar-refractivity contribution in [1.82, 2.24) is 25.5 Å². The summed E-state index contributed by atoms with van der Waals surface area (Å²) in [7, 11) is 0. The van der Waals surface area contributed by atoms with Crippen LogP contribution in [-0.4, -0.2) is 37.0 Å². The van der Waals surface area contributed by atoms with Gasteiger partial charge < -0.3 is 10.4 Å². The van der Waals surface area contributed by atoms with Gasteiger partial charge in [0.05, 0.1) is 17.5 Å². The van der Waals surface area contributed by atoms with Gasteiger partial charge in [-0.25, -0.2) is 0 Å². The number of carbonyl (C=O) groups excluding carboxylic acids is 1. The minimum atomic E-state index is -0.158. The molecule has 0 unspecified atom stereocenters. The first kappa shape index (κ1) is 18.2. The number of amides is 1. The number of phenolic OH excluding ortho intramolecular Hbond substituents is 1. The van der Waals surface area contributed by atoms with Crippen LogP contribution in [0.1, 0.15) is 18.5 Å². The molecule has 134 valence electrons. The van der Waals surface area contributed by atoms with Crippen molar-refractivity contribution in [1.29, 1.82) is 0 Å². The minimum absolute atomic E-state index is 0.136. The summed E-state index contributed by atoms with van der Waals surface area (Å²) in [5.41, 5.74) is 1.63. The molecule has 3 aromatic rings. The summed E-state index contributed by atoms with van der Waals surface area (Å²) in [5.74, 6) is 0.191. The third kappa shape index (κ3) is 4.53. The number of phenols is 1. The number of nitrogens with one attached hydrogen (secondary N) is 1. The van der Waals surface area contributed by atoms with Gasteiger partial charge in [0.15, 0.2) is 0 Å². The fraction of sp³-hybridized carbons (Fsp3) is 0.176. The molecule has 0 radical (unpaired) electrons. The topological polar surface area (TPSA) is 92.9 Å². The van der Waals surface area contributed by atoms with E-state index in [-0.39, 0.29) is 23.5 Å². The van der Waals surface area contributed by atoms with Crippen molar-refractivity contribution in [2.45, 2.75) is 18.1 Å². The highest BCUT2D eigenvalue weighted by Crippen LogP contribution is 2.21. The number of nitrogens with zero attached hydrogens (tertiary/aromatic N) is 4. The highest BCUT2D eigenvalue weighted by atomic mass is 35.5. The first-order chi connectivity index (χ1) is 12.5. The molecular weight excluding hydrogens is 374 g/mol. The SMILES string of the molecule is C[C@@H](NC(=O)CSc1nnnn1-c1ccc(O)cc1)c1cccc(Cl)c1. The molecule has 1 amide bonds. The summed E-state index contributed by atoms with van der Waals surface area (Å²) in [5, 5.41) is 24.9. The van der Waals surface area contributed by atoms with Gasteiger partial charge in [0.1, 0.15) is 5.75 Å². The lowest BCUT2D eigenvalue weighted by Crippen LogP contribution is -2.28. The van der Waals surface area contributed by atoms with E-state index in [4.69, 9.17) is 11.6 Å². The van der Waals surface area contributed by atoms with E-state index in [0.29, 0.717) is 15.9 Å². The zero-order valence-corrected chi connectivity index (χ0v) is 15.4. The van der Waals surface area contributed by atoms with Gasteiger partial charge >= 0.3 is 0 Å². The lowest BCUT2D eigenvalue weighted by Gasteiger charge is -2.14. The van der Waals surface area contributed by atoms with E-state index in [9.17, 15) is 9.90 Å². The van der Waals surface area contributed by atoms with Gasteiger partial charge in [0.2, 0.25) is 11.1 Å². The van der Waals surface area contributed by atoms with Gasteiger partial charge in [-0.05, 0) is 59.3 Å². The normalized spacial score (nSPS) is 11.9. The summed E-state index contributed by atoms with van der Waals surface area (Å²) in [6.07, 6.45) is 0. The average Bonchev–Trinajstić information content (AvgIpc) is 3.09. The molecule has 0 bridgehead atoms. The van der Waals surface area contributed by atoms with E-state index in [1.54, 1.807) is 30.3 Å². The Kier molecular flexibility index (Phi) is 5.75. The first-order valence-electron chi connectivity index (χ1n) is 7.78. The molecule has 3 rings (SSSR count). The lowest BCUT2D eigenvalue weighted by molar-refractivity contribution is -0.119. The molecule has 0 saturated carbocycles. The molecule has 0 fully saturated rings. The van der Waals surface area contributed by atoms with E-state index < -0.39 is 0 Å². The Morgan fingerprint density at radius 2 is 2.08 bits per heavy atom. The average molecular weight is 390 g/mol. The lowest BCUT2D eigenvalue weighted by atomic mass is 10.1. The summed E-state index contributed by atoms with van der Waals surface area (Å²) < 4.78 is 1.51. The van der Waals surface area contributed by atoms with Gasteiger partial charge in [-0.15, -0.1) is 5.10 Å². The Morgan fingerprint density at radius 1 is 1.31 bits per heavy atom. The predicted molar refractivity (Wildman–Crippen MR) is 99.6 cm³/mol. The second kappa shape index (κ2) is 8.20. The zero-order chi connectivity index (χ0) is 18.5. The molecule has 2 aromatic carbocycles.